The highest BCUT2D eigenvalue weighted by Crippen LogP contribution is 2.27. The lowest BCUT2D eigenvalue weighted by Gasteiger charge is -2.21. The molecule has 2 aromatic carbocycles. The first-order valence-electron chi connectivity index (χ1n) is 9.31. The molecule has 1 saturated heterocycles. The van der Waals surface area contributed by atoms with E-state index in [4.69, 9.17) is 4.74 Å². The summed E-state index contributed by atoms with van der Waals surface area (Å²) in [5, 5.41) is 0. The normalized spacial score (nSPS) is 17.3. The molecule has 0 saturated carbocycles. The third kappa shape index (κ3) is 3.95. The van der Waals surface area contributed by atoms with Crippen molar-refractivity contribution < 1.29 is 18.3 Å². The van der Waals surface area contributed by atoms with Crippen LogP contribution in [0.2, 0.25) is 0 Å². The van der Waals surface area contributed by atoms with E-state index in [1.54, 1.807) is 0 Å². The average molecular weight is 372 g/mol. The summed E-state index contributed by atoms with van der Waals surface area (Å²) in [7, 11) is 0. The molecule has 142 valence electrons. The van der Waals surface area contributed by atoms with Crippen molar-refractivity contribution in [3.63, 3.8) is 0 Å². The highest BCUT2D eigenvalue weighted by atomic mass is 19.1. The average Bonchev–Trinajstić information content (AvgIpc) is 3.07. The van der Waals surface area contributed by atoms with Crippen molar-refractivity contribution in [3.8, 4) is 5.75 Å². The molecule has 0 aliphatic carbocycles. The first-order chi connectivity index (χ1) is 13.1. The molecule has 1 amide bonds. The molecule has 2 heterocycles. The van der Waals surface area contributed by atoms with E-state index >= 15 is 0 Å². The van der Waals surface area contributed by atoms with Crippen LogP contribution in [-0.2, 0) is 13.1 Å². The Morgan fingerprint density at radius 1 is 1.04 bits per heavy atom. The highest BCUT2D eigenvalue weighted by molar-refractivity contribution is 5.94. The molecule has 0 atom stereocenters. The molecule has 0 radical (unpaired) electrons. The maximum absolute atomic E-state index is 14.0. The van der Waals surface area contributed by atoms with Gasteiger partial charge >= 0.3 is 0 Å². The standard InChI is InChI=1S/C21H22F2N2O2/c22-17-4-5-19(23)18(12-17)21(26)25-9-10-27-20-6-3-15(11-16(20)14-25)13-24-7-1-2-8-24/h3-6,11-12H,1-2,7-10,13-14H2. The molecule has 2 aliphatic heterocycles. The largest absolute Gasteiger partial charge is 0.491 e. The number of carbonyl (C=O) groups is 1. The van der Waals surface area contributed by atoms with Gasteiger partial charge in [-0.25, -0.2) is 8.78 Å². The lowest BCUT2D eigenvalue weighted by molar-refractivity contribution is 0.0728. The Morgan fingerprint density at radius 3 is 2.67 bits per heavy atom. The number of likely N-dealkylation sites (tertiary alicyclic amines) is 1. The number of rotatable bonds is 3. The summed E-state index contributed by atoms with van der Waals surface area (Å²) in [5.74, 6) is -1.11. The number of carbonyl (C=O) groups excluding carboxylic acids is 1. The van der Waals surface area contributed by atoms with Gasteiger partial charge in [-0.3, -0.25) is 9.69 Å². The van der Waals surface area contributed by atoms with Gasteiger partial charge in [-0.2, -0.15) is 0 Å². The summed E-state index contributed by atoms with van der Waals surface area (Å²) in [4.78, 5) is 16.7. The Balaban J connectivity index is 1.56. The number of halogens is 2. The second-order valence-corrected chi connectivity index (χ2v) is 7.12. The Morgan fingerprint density at radius 2 is 1.85 bits per heavy atom. The van der Waals surface area contributed by atoms with Crippen molar-refractivity contribution in [2.75, 3.05) is 26.2 Å². The maximum Gasteiger partial charge on any atom is 0.257 e. The van der Waals surface area contributed by atoms with E-state index in [0.717, 1.165) is 49.1 Å². The molecule has 0 unspecified atom stereocenters. The fourth-order valence-corrected chi connectivity index (χ4v) is 3.75. The lowest BCUT2D eigenvalue weighted by Crippen LogP contribution is -2.33. The summed E-state index contributed by atoms with van der Waals surface area (Å²) in [6, 6.07) is 9.00. The minimum absolute atomic E-state index is 0.244. The Hall–Kier alpha value is -2.47. The molecule has 0 aromatic heterocycles. The maximum atomic E-state index is 14.0. The molecule has 1 fully saturated rings. The second-order valence-electron chi connectivity index (χ2n) is 7.12. The molecule has 4 rings (SSSR count). The minimum atomic E-state index is -0.713. The zero-order valence-corrected chi connectivity index (χ0v) is 15.1. The summed E-state index contributed by atoms with van der Waals surface area (Å²) >= 11 is 0. The van der Waals surface area contributed by atoms with E-state index < -0.39 is 17.5 Å². The fraction of sp³-hybridized carbons (Fsp3) is 0.381. The summed E-state index contributed by atoms with van der Waals surface area (Å²) in [6.07, 6.45) is 2.46. The molecular weight excluding hydrogens is 350 g/mol. The predicted molar refractivity (Wildman–Crippen MR) is 97.5 cm³/mol. The van der Waals surface area contributed by atoms with Crippen molar-refractivity contribution >= 4 is 5.91 Å². The van der Waals surface area contributed by atoms with Crippen LogP contribution in [0.15, 0.2) is 36.4 Å². The molecule has 2 aliphatic rings. The van der Waals surface area contributed by atoms with E-state index in [-0.39, 0.29) is 5.56 Å². The summed E-state index contributed by atoms with van der Waals surface area (Å²) < 4.78 is 33.3. The van der Waals surface area contributed by atoms with E-state index in [2.05, 4.69) is 17.0 Å². The SMILES string of the molecule is O=C(c1cc(F)ccc1F)N1CCOc2ccc(CN3CCCC3)cc2C1. The van der Waals surface area contributed by atoms with Crippen LogP contribution < -0.4 is 4.74 Å². The van der Waals surface area contributed by atoms with Crippen LogP contribution in [0.5, 0.6) is 5.75 Å². The third-order valence-corrected chi connectivity index (χ3v) is 5.16. The van der Waals surface area contributed by atoms with Gasteiger partial charge < -0.3 is 9.64 Å². The van der Waals surface area contributed by atoms with E-state index in [1.807, 2.05) is 6.07 Å². The van der Waals surface area contributed by atoms with Crippen LogP contribution in [0.1, 0.15) is 34.3 Å². The molecular formula is C21H22F2N2O2. The lowest BCUT2D eigenvalue weighted by atomic mass is 10.1. The summed E-state index contributed by atoms with van der Waals surface area (Å²) in [5.41, 5.74) is 1.83. The molecule has 4 nitrogen and oxygen atoms in total. The van der Waals surface area contributed by atoms with Crippen LogP contribution in [0.25, 0.3) is 0 Å². The van der Waals surface area contributed by atoms with Crippen LogP contribution in [-0.4, -0.2) is 41.9 Å². The van der Waals surface area contributed by atoms with Gasteiger partial charge in [0.15, 0.2) is 0 Å². The van der Waals surface area contributed by atoms with Crippen molar-refractivity contribution in [2.24, 2.45) is 0 Å². The molecule has 0 bridgehead atoms. The zero-order valence-electron chi connectivity index (χ0n) is 15.1. The first-order valence-corrected chi connectivity index (χ1v) is 9.31. The van der Waals surface area contributed by atoms with Crippen molar-refractivity contribution in [1.29, 1.82) is 0 Å². The van der Waals surface area contributed by atoms with Gasteiger partial charge in [0.25, 0.3) is 5.91 Å². The Bertz CT molecular complexity index is 850. The van der Waals surface area contributed by atoms with E-state index in [9.17, 15) is 13.6 Å². The smallest absolute Gasteiger partial charge is 0.257 e. The number of nitrogens with zero attached hydrogens (tertiary/aromatic N) is 2. The Labute approximate surface area is 157 Å². The van der Waals surface area contributed by atoms with Gasteiger partial charge in [-0.15, -0.1) is 0 Å². The zero-order chi connectivity index (χ0) is 18.8. The molecule has 0 N–H and O–H groups in total. The van der Waals surface area contributed by atoms with Crippen LogP contribution >= 0.6 is 0 Å². The molecule has 27 heavy (non-hydrogen) atoms. The summed E-state index contributed by atoms with van der Waals surface area (Å²) in [6.45, 7) is 4.05. The molecule has 2 aromatic rings. The van der Waals surface area contributed by atoms with Gasteiger partial charge in [0.05, 0.1) is 12.1 Å². The first kappa shape index (κ1) is 17.9. The minimum Gasteiger partial charge on any atom is -0.491 e. The van der Waals surface area contributed by atoms with Gasteiger partial charge in [-0.1, -0.05) is 6.07 Å². The van der Waals surface area contributed by atoms with Crippen LogP contribution in [0, 0.1) is 11.6 Å². The van der Waals surface area contributed by atoms with Gasteiger partial charge in [0.1, 0.15) is 24.0 Å². The van der Waals surface area contributed by atoms with Crippen molar-refractivity contribution in [3.05, 3.63) is 64.7 Å². The highest BCUT2D eigenvalue weighted by Gasteiger charge is 2.24. The van der Waals surface area contributed by atoms with E-state index in [0.29, 0.717) is 19.7 Å². The monoisotopic (exact) mass is 372 g/mol. The number of benzene rings is 2. The fourth-order valence-electron chi connectivity index (χ4n) is 3.75. The molecule has 0 spiro atoms. The second kappa shape index (κ2) is 7.64. The predicted octanol–water partition coefficient (Wildman–Crippen LogP) is 3.60. The van der Waals surface area contributed by atoms with Crippen molar-refractivity contribution in [1.82, 2.24) is 9.80 Å². The number of hydrogen-bond donors (Lipinski definition) is 0. The number of ether oxygens (including phenoxy) is 1. The topological polar surface area (TPSA) is 32.8 Å². The van der Waals surface area contributed by atoms with Gasteiger partial charge in [0, 0.05) is 18.7 Å². The number of hydrogen-bond acceptors (Lipinski definition) is 3. The number of fused-ring (bicyclic) bond motifs is 1. The van der Waals surface area contributed by atoms with E-state index in [1.165, 1.54) is 23.3 Å². The third-order valence-electron chi connectivity index (χ3n) is 5.16. The Kier molecular flexibility index (Phi) is 5.07. The number of amides is 1. The van der Waals surface area contributed by atoms with Crippen molar-refractivity contribution in [2.45, 2.75) is 25.9 Å². The van der Waals surface area contributed by atoms with Gasteiger partial charge in [0.2, 0.25) is 0 Å². The van der Waals surface area contributed by atoms with Crippen LogP contribution in [0.4, 0.5) is 8.78 Å². The quantitative estimate of drug-likeness (QED) is 0.825. The van der Waals surface area contributed by atoms with Crippen LogP contribution in [0.3, 0.4) is 0 Å². The molecule has 6 heteroatoms. The van der Waals surface area contributed by atoms with Gasteiger partial charge in [-0.05, 0) is 61.8 Å².